The number of ether oxygens (including phenoxy) is 1. The second kappa shape index (κ2) is 7.85. The number of nitrogens with one attached hydrogen (secondary N) is 1. The summed E-state index contributed by atoms with van der Waals surface area (Å²) in [6.07, 6.45) is 0. The van der Waals surface area contributed by atoms with Crippen molar-refractivity contribution < 1.29 is 17.7 Å². The molecule has 0 fully saturated rings. The van der Waals surface area contributed by atoms with Crippen LogP contribution in [0.4, 0.5) is 0 Å². The summed E-state index contributed by atoms with van der Waals surface area (Å²) in [7, 11) is -2.12. The lowest BCUT2D eigenvalue weighted by Gasteiger charge is -2.04. The standard InChI is InChI=1S/C16H16ClN3O4S2/c1-10-14(26(21,22)18-6-7-23-2)9-13(25-10)16-19-15(20-24-16)11-4-3-5-12(17)8-11/h3-5,8-9,18H,6-7H2,1-2H3. The summed E-state index contributed by atoms with van der Waals surface area (Å²) in [4.78, 5) is 5.74. The fraction of sp³-hybridized carbons (Fsp3) is 0.250. The lowest BCUT2D eigenvalue weighted by molar-refractivity contribution is 0.204. The maximum atomic E-state index is 12.4. The van der Waals surface area contributed by atoms with Crippen molar-refractivity contribution in [1.29, 1.82) is 0 Å². The normalized spacial score (nSPS) is 11.8. The summed E-state index contributed by atoms with van der Waals surface area (Å²) < 4.78 is 37.4. The molecule has 0 unspecified atom stereocenters. The number of rotatable bonds is 7. The third kappa shape index (κ3) is 4.13. The van der Waals surface area contributed by atoms with Gasteiger partial charge in [0.05, 0.1) is 16.4 Å². The molecule has 138 valence electrons. The van der Waals surface area contributed by atoms with Crippen LogP contribution in [0.2, 0.25) is 5.02 Å². The van der Waals surface area contributed by atoms with Crippen molar-refractivity contribution in [1.82, 2.24) is 14.9 Å². The van der Waals surface area contributed by atoms with Crippen LogP contribution in [-0.4, -0.2) is 38.8 Å². The van der Waals surface area contributed by atoms with E-state index < -0.39 is 10.0 Å². The van der Waals surface area contributed by atoms with Crippen LogP contribution in [0.1, 0.15) is 4.88 Å². The minimum atomic E-state index is -3.63. The zero-order valence-corrected chi connectivity index (χ0v) is 16.4. The van der Waals surface area contributed by atoms with Crippen LogP contribution in [0, 0.1) is 6.92 Å². The van der Waals surface area contributed by atoms with E-state index in [1.165, 1.54) is 24.5 Å². The molecule has 2 heterocycles. The third-order valence-corrected chi connectivity index (χ3v) is 6.47. The van der Waals surface area contributed by atoms with Crippen LogP contribution in [0.5, 0.6) is 0 Å². The molecule has 0 spiro atoms. The lowest BCUT2D eigenvalue weighted by atomic mass is 10.2. The van der Waals surface area contributed by atoms with E-state index in [1.807, 2.05) is 6.07 Å². The van der Waals surface area contributed by atoms with Crippen LogP contribution in [0.15, 0.2) is 39.8 Å². The van der Waals surface area contributed by atoms with Gasteiger partial charge in [-0.25, -0.2) is 13.1 Å². The molecule has 7 nitrogen and oxygen atoms in total. The second-order valence-corrected chi connectivity index (χ2v) is 8.78. The molecule has 0 atom stereocenters. The number of methoxy groups -OCH3 is 1. The van der Waals surface area contributed by atoms with Crippen molar-refractivity contribution in [2.45, 2.75) is 11.8 Å². The number of aromatic nitrogens is 2. The van der Waals surface area contributed by atoms with Crippen molar-refractivity contribution in [2.24, 2.45) is 0 Å². The van der Waals surface area contributed by atoms with Crippen molar-refractivity contribution in [3.05, 3.63) is 40.2 Å². The molecule has 2 aromatic heterocycles. The zero-order chi connectivity index (χ0) is 18.7. The largest absolute Gasteiger partial charge is 0.383 e. The zero-order valence-electron chi connectivity index (χ0n) is 14.0. The number of nitrogens with zero attached hydrogens (tertiary/aromatic N) is 2. The van der Waals surface area contributed by atoms with Crippen molar-refractivity contribution in [3.8, 4) is 22.2 Å². The monoisotopic (exact) mass is 413 g/mol. The summed E-state index contributed by atoms with van der Waals surface area (Å²) in [5.74, 6) is 0.641. The Morgan fingerprint density at radius 3 is 2.88 bits per heavy atom. The van der Waals surface area contributed by atoms with Gasteiger partial charge in [-0.05, 0) is 25.1 Å². The molecular weight excluding hydrogens is 398 g/mol. The summed E-state index contributed by atoms with van der Waals surface area (Å²) in [5, 5.41) is 4.51. The van der Waals surface area contributed by atoms with Gasteiger partial charge >= 0.3 is 0 Å². The fourth-order valence-electron chi connectivity index (χ4n) is 2.26. The number of benzene rings is 1. The Hall–Kier alpha value is -1.78. The molecular formula is C16H16ClN3O4S2. The molecule has 0 aliphatic rings. The van der Waals surface area contributed by atoms with Crippen LogP contribution in [-0.2, 0) is 14.8 Å². The van der Waals surface area contributed by atoms with Crippen molar-refractivity contribution in [2.75, 3.05) is 20.3 Å². The van der Waals surface area contributed by atoms with Crippen molar-refractivity contribution in [3.63, 3.8) is 0 Å². The second-order valence-electron chi connectivity index (χ2n) is 5.36. The van der Waals surface area contributed by atoms with Crippen LogP contribution in [0.3, 0.4) is 0 Å². The molecule has 0 aliphatic heterocycles. The Labute approximate surface area is 160 Å². The maximum absolute atomic E-state index is 12.4. The first-order chi connectivity index (χ1) is 12.4. The fourth-order valence-corrected chi connectivity index (χ4v) is 4.98. The van der Waals surface area contributed by atoms with E-state index in [9.17, 15) is 8.42 Å². The van der Waals surface area contributed by atoms with Gasteiger partial charge in [-0.3, -0.25) is 0 Å². The highest BCUT2D eigenvalue weighted by atomic mass is 35.5. The van der Waals surface area contributed by atoms with E-state index >= 15 is 0 Å². The Morgan fingerprint density at radius 1 is 1.35 bits per heavy atom. The first-order valence-corrected chi connectivity index (χ1v) is 10.3. The Morgan fingerprint density at radius 2 is 2.15 bits per heavy atom. The van der Waals surface area contributed by atoms with Gasteiger partial charge in [-0.15, -0.1) is 11.3 Å². The highest BCUT2D eigenvalue weighted by Gasteiger charge is 2.22. The Kier molecular flexibility index (Phi) is 5.73. The predicted molar refractivity (Wildman–Crippen MR) is 99.9 cm³/mol. The topological polar surface area (TPSA) is 94.3 Å². The van der Waals surface area contributed by atoms with Crippen LogP contribution >= 0.6 is 22.9 Å². The molecule has 26 heavy (non-hydrogen) atoms. The average molecular weight is 414 g/mol. The summed E-state index contributed by atoms with van der Waals surface area (Å²) >= 11 is 7.25. The first kappa shape index (κ1) is 19.0. The number of aryl methyl sites for hydroxylation is 1. The molecule has 10 heteroatoms. The van der Waals surface area contributed by atoms with E-state index in [2.05, 4.69) is 14.9 Å². The average Bonchev–Trinajstić information content (AvgIpc) is 3.22. The molecule has 1 N–H and O–H groups in total. The van der Waals surface area contributed by atoms with Gasteiger partial charge in [-0.1, -0.05) is 28.9 Å². The van der Waals surface area contributed by atoms with Gasteiger partial charge < -0.3 is 9.26 Å². The number of sulfonamides is 1. The minimum Gasteiger partial charge on any atom is -0.383 e. The molecule has 1 aromatic carbocycles. The van der Waals surface area contributed by atoms with Gasteiger partial charge in [0.25, 0.3) is 5.89 Å². The van der Waals surface area contributed by atoms with Crippen LogP contribution in [0.25, 0.3) is 22.2 Å². The molecule has 0 saturated heterocycles. The van der Waals surface area contributed by atoms with Crippen LogP contribution < -0.4 is 4.72 Å². The molecule has 0 aliphatic carbocycles. The highest BCUT2D eigenvalue weighted by Crippen LogP contribution is 2.33. The Balaban J connectivity index is 1.88. The van der Waals surface area contributed by atoms with Gasteiger partial charge in [0.15, 0.2) is 0 Å². The molecule has 0 amide bonds. The van der Waals surface area contributed by atoms with Gasteiger partial charge in [0, 0.05) is 29.1 Å². The summed E-state index contributed by atoms with van der Waals surface area (Å²) in [6, 6.07) is 8.62. The summed E-state index contributed by atoms with van der Waals surface area (Å²) in [6.45, 7) is 2.22. The maximum Gasteiger partial charge on any atom is 0.268 e. The van der Waals surface area contributed by atoms with E-state index in [0.717, 1.165) is 5.56 Å². The molecule has 0 radical (unpaired) electrons. The minimum absolute atomic E-state index is 0.191. The summed E-state index contributed by atoms with van der Waals surface area (Å²) in [5.41, 5.74) is 0.717. The van der Waals surface area contributed by atoms with Gasteiger partial charge in [0.2, 0.25) is 15.8 Å². The van der Waals surface area contributed by atoms with E-state index in [-0.39, 0.29) is 17.3 Å². The first-order valence-electron chi connectivity index (χ1n) is 7.60. The van der Waals surface area contributed by atoms with Crippen molar-refractivity contribution >= 4 is 33.0 Å². The lowest BCUT2D eigenvalue weighted by Crippen LogP contribution is -2.27. The van der Waals surface area contributed by atoms with E-state index in [4.69, 9.17) is 20.9 Å². The quantitative estimate of drug-likeness (QED) is 0.597. The number of hydrogen-bond acceptors (Lipinski definition) is 7. The van der Waals surface area contributed by atoms with E-state index in [1.54, 1.807) is 25.1 Å². The van der Waals surface area contributed by atoms with E-state index in [0.29, 0.717) is 27.2 Å². The third-order valence-electron chi connectivity index (χ3n) is 3.48. The highest BCUT2D eigenvalue weighted by molar-refractivity contribution is 7.89. The number of halogens is 1. The number of thiophene rings is 1. The SMILES string of the molecule is COCCNS(=O)(=O)c1cc(-c2nc(-c3cccc(Cl)c3)no2)sc1C. The molecule has 0 bridgehead atoms. The molecule has 0 saturated carbocycles. The number of hydrogen-bond donors (Lipinski definition) is 1. The predicted octanol–water partition coefficient (Wildman–Crippen LogP) is 3.35. The smallest absolute Gasteiger partial charge is 0.268 e. The molecule has 3 aromatic rings. The van der Waals surface area contributed by atoms with Gasteiger partial charge in [0.1, 0.15) is 0 Å². The van der Waals surface area contributed by atoms with Gasteiger partial charge in [-0.2, -0.15) is 4.98 Å². The molecule has 3 rings (SSSR count). The Bertz CT molecular complexity index is 1010.